The van der Waals surface area contributed by atoms with E-state index >= 15 is 0 Å². The molecule has 0 spiro atoms. The van der Waals surface area contributed by atoms with Crippen LogP contribution in [0.1, 0.15) is 17.4 Å². The first-order valence-electron chi connectivity index (χ1n) is 7.33. The third-order valence-corrected chi connectivity index (χ3v) is 6.05. The topological polar surface area (TPSA) is 93.1 Å². The SMILES string of the molecule is CN1CCN(S(=O)(=O)c2ccc(F)cc2C#N)C[C@H]1c1ncc[nH]1. The number of imidazole rings is 1. The van der Waals surface area contributed by atoms with Crippen molar-refractivity contribution in [3.05, 3.63) is 47.8 Å². The van der Waals surface area contributed by atoms with Crippen LogP contribution in [0.5, 0.6) is 0 Å². The van der Waals surface area contributed by atoms with Crippen LogP contribution in [0.25, 0.3) is 0 Å². The minimum absolute atomic E-state index is 0.172. The third kappa shape index (κ3) is 2.91. The molecule has 1 fully saturated rings. The highest BCUT2D eigenvalue weighted by molar-refractivity contribution is 7.89. The molecule has 9 heteroatoms. The Morgan fingerprint density at radius 1 is 1.42 bits per heavy atom. The lowest BCUT2D eigenvalue weighted by molar-refractivity contribution is 0.142. The standard InChI is InChI=1S/C15H16FN5O2S/c1-20-6-7-21(10-13(20)15-18-4-5-19-15)24(22,23)14-3-2-12(16)8-11(14)9-17/h2-5,8,13H,6-7,10H2,1H3,(H,18,19)/t13-/m0/s1. The van der Waals surface area contributed by atoms with Crippen molar-refractivity contribution in [1.29, 1.82) is 5.26 Å². The number of nitriles is 1. The minimum atomic E-state index is -3.89. The zero-order valence-corrected chi connectivity index (χ0v) is 13.8. The molecular weight excluding hydrogens is 333 g/mol. The molecular formula is C15H16FN5O2S. The number of hydrogen-bond donors (Lipinski definition) is 1. The van der Waals surface area contributed by atoms with E-state index < -0.39 is 15.8 Å². The van der Waals surface area contributed by atoms with E-state index in [2.05, 4.69) is 9.97 Å². The van der Waals surface area contributed by atoms with E-state index in [1.165, 1.54) is 4.31 Å². The first-order valence-corrected chi connectivity index (χ1v) is 8.77. The van der Waals surface area contributed by atoms with Gasteiger partial charge in [-0.15, -0.1) is 0 Å². The molecule has 1 aliphatic heterocycles. The lowest BCUT2D eigenvalue weighted by Gasteiger charge is -2.37. The van der Waals surface area contributed by atoms with Gasteiger partial charge >= 0.3 is 0 Å². The highest BCUT2D eigenvalue weighted by Crippen LogP contribution is 2.27. The van der Waals surface area contributed by atoms with E-state index in [0.717, 1.165) is 18.2 Å². The lowest BCUT2D eigenvalue weighted by atomic mass is 10.2. The number of aromatic amines is 1. The molecule has 0 aliphatic carbocycles. The number of piperazine rings is 1. The number of rotatable bonds is 3. The van der Waals surface area contributed by atoms with Gasteiger partial charge in [0.1, 0.15) is 22.6 Å². The van der Waals surface area contributed by atoms with Gasteiger partial charge in [0.2, 0.25) is 10.0 Å². The lowest BCUT2D eigenvalue weighted by Crippen LogP contribution is -2.49. The molecule has 2 heterocycles. The molecule has 0 radical (unpaired) electrons. The number of halogens is 1. The van der Waals surface area contributed by atoms with Gasteiger partial charge in [-0.05, 0) is 25.2 Å². The number of sulfonamides is 1. The Hall–Kier alpha value is -2.28. The van der Waals surface area contributed by atoms with E-state index in [9.17, 15) is 12.8 Å². The highest BCUT2D eigenvalue weighted by Gasteiger charge is 2.35. The number of H-pyrrole nitrogens is 1. The molecule has 1 saturated heterocycles. The van der Waals surface area contributed by atoms with Gasteiger partial charge < -0.3 is 4.98 Å². The molecule has 24 heavy (non-hydrogen) atoms. The second-order valence-corrected chi connectivity index (χ2v) is 7.49. The maximum atomic E-state index is 13.3. The van der Waals surface area contributed by atoms with E-state index in [0.29, 0.717) is 12.4 Å². The van der Waals surface area contributed by atoms with Crippen molar-refractivity contribution in [3.8, 4) is 6.07 Å². The van der Waals surface area contributed by atoms with Crippen LogP contribution in [0, 0.1) is 17.1 Å². The molecule has 7 nitrogen and oxygen atoms in total. The number of aromatic nitrogens is 2. The van der Waals surface area contributed by atoms with Crippen molar-refractivity contribution in [2.75, 3.05) is 26.7 Å². The van der Waals surface area contributed by atoms with Crippen LogP contribution in [0.15, 0.2) is 35.5 Å². The fourth-order valence-electron chi connectivity index (χ4n) is 2.78. The summed E-state index contributed by atoms with van der Waals surface area (Å²) in [5.41, 5.74) is -0.191. The molecule has 2 aromatic rings. The molecule has 0 unspecified atom stereocenters. The van der Waals surface area contributed by atoms with E-state index in [4.69, 9.17) is 5.26 Å². The van der Waals surface area contributed by atoms with Gasteiger partial charge in [0.25, 0.3) is 0 Å². The zero-order valence-electron chi connectivity index (χ0n) is 13.0. The van der Waals surface area contributed by atoms with Crippen LogP contribution in [0.2, 0.25) is 0 Å². The maximum absolute atomic E-state index is 13.3. The molecule has 1 atom stereocenters. The first-order chi connectivity index (χ1) is 11.4. The quantitative estimate of drug-likeness (QED) is 0.896. The van der Waals surface area contributed by atoms with Crippen molar-refractivity contribution < 1.29 is 12.8 Å². The van der Waals surface area contributed by atoms with Crippen LogP contribution >= 0.6 is 0 Å². The summed E-state index contributed by atoms with van der Waals surface area (Å²) in [6, 6.07) is 4.67. The Labute approximate surface area is 139 Å². The summed E-state index contributed by atoms with van der Waals surface area (Å²) >= 11 is 0. The van der Waals surface area contributed by atoms with Crippen LogP contribution in [-0.2, 0) is 10.0 Å². The van der Waals surface area contributed by atoms with Crippen molar-refractivity contribution in [1.82, 2.24) is 19.2 Å². The Bertz CT molecular complexity index is 876. The van der Waals surface area contributed by atoms with Crippen molar-refractivity contribution in [2.45, 2.75) is 10.9 Å². The second kappa shape index (κ2) is 6.32. The number of hydrogen-bond acceptors (Lipinski definition) is 5. The summed E-state index contributed by atoms with van der Waals surface area (Å²) in [5.74, 6) is 0.0364. The zero-order chi connectivity index (χ0) is 17.3. The van der Waals surface area contributed by atoms with Gasteiger partial charge in [-0.25, -0.2) is 17.8 Å². The summed E-state index contributed by atoms with van der Waals surface area (Å²) < 4.78 is 40.4. The molecule has 1 aliphatic rings. The monoisotopic (exact) mass is 349 g/mol. The summed E-state index contributed by atoms with van der Waals surface area (Å²) in [7, 11) is -1.99. The van der Waals surface area contributed by atoms with Crippen LogP contribution in [-0.4, -0.2) is 54.3 Å². The number of benzene rings is 1. The van der Waals surface area contributed by atoms with Crippen LogP contribution < -0.4 is 0 Å². The van der Waals surface area contributed by atoms with Crippen LogP contribution in [0.3, 0.4) is 0 Å². The van der Waals surface area contributed by atoms with E-state index in [1.54, 1.807) is 18.5 Å². The summed E-state index contributed by atoms with van der Waals surface area (Å²) in [4.78, 5) is 9.05. The minimum Gasteiger partial charge on any atom is -0.347 e. The molecule has 3 rings (SSSR count). The highest BCUT2D eigenvalue weighted by atomic mass is 32.2. The van der Waals surface area contributed by atoms with E-state index in [-0.39, 0.29) is 29.6 Å². The first kappa shape index (κ1) is 16.6. The van der Waals surface area contributed by atoms with Gasteiger partial charge in [0.05, 0.1) is 11.6 Å². The van der Waals surface area contributed by atoms with Crippen molar-refractivity contribution >= 4 is 10.0 Å². The van der Waals surface area contributed by atoms with Crippen LogP contribution in [0.4, 0.5) is 4.39 Å². The molecule has 1 aromatic heterocycles. The summed E-state index contributed by atoms with van der Waals surface area (Å²) in [6.07, 6.45) is 3.30. The molecule has 1 N–H and O–H groups in total. The molecule has 0 bridgehead atoms. The largest absolute Gasteiger partial charge is 0.347 e. The Kier molecular flexibility index (Phi) is 4.36. The number of likely N-dealkylation sites (N-methyl/N-ethyl adjacent to an activating group) is 1. The fraction of sp³-hybridized carbons (Fsp3) is 0.333. The average Bonchev–Trinajstić information content (AvgIpc) is 3.09. The smallest absolute Gasteiger partial charge is 0.244 e. The van der Waals surface area contributed by atoms with Crippen molar-refractivity contribution in [3.63, 3.8) is 0 Å². The van der Waals surface area contributed by atoms with Gasteiger partial charge in [-0.3, -0.25) is 4.90 Å². The summed E-state index contributed by atoms with van der Waals surface area (Å²) in [5, 5.41) is 9.13. The average molecular weight is 349 g/mol. The predicted molar refractivity (Wildman–Crippen MR) is 83.8 cm³/mol. The second-order valence-electron chi connectivity index (χ2n) is 5.59. The molecule has 1 aromatic carbocycles. The summed E-state index contributed by atoms with van der Waals surface area (Å²) in [6.45, 7) is 1.01. The third-order valence-electron chi connectivity index (χ3n) is 4.13. The normalized spacial score (nSPS) is 20.0. The Morgan fingerprint density at radius 2 is 2.21 bits per heavy atom. The number of nitrogens with one attached hydrogen (secondary N) is 1. The fourth-order valence-corrected chi connectivity index (χ4v) is 4.34. The van der Waals surface area contributed by atoms with Crippen molar-refractivity contribution in [2.24, 2.45) is 0 Å². The van der Waals surface area contributed by atoms with Gasteiger partial charge in [-0.2, -0.15) is 9.57 Å². The maximum Gasteiger partial charge on any atom is 0.244 e. The van der Waals surface area contributed by atoms with Gasteiger partial charge in [0, 0.05) is 32.0 Å². The van der Waals surface area contributed by atoms with Gasteiger partial charge in [0.15, 0.2) is 0 Å². The predicted octanol–water partition coefficient (Wildman–Crippen LogP) is 1.10. The van der Waals surface area contributed by atoms with Gasteiger partial charge in [-0.1, -0.05) is 0 Å². The Morgan fingerprint density at radius 3 is 2.88 bits per heavy atom. The molecule has 126 valence electrons. The number of nitrogens with zero attached hydrogens (tertiary/aromatic N) is 4. The van der Waals surface area contributed by atoms with E-state index in [1.807, 2.05) is 11.9 Å². The Balaban J connectivity index is 1.95. The molecule has 0 saturated carbocycles. The molecule has 0 amide bonds.